The Labute approximate surface area is 165 Å². The van der Waals surface area contributed by atoms with Crippen LogP contribution in [0.15, 0.2) is 0 Å². The predicted molar refractivity (Wildman–Crippen MR) is 69.8 cm³/mol. The van der Waals surface area contributed by atoms with Gasteiger partial charge in [-0.3, -0.25) is 19.2 Å². The van der Waals surface area contributed by atoms with Crippen molar-refractivity contribution in [3.63, 3.8) is 0 Å². The summed E-state index contributed by atoms with van der Waals surface area (Å²) in [6.07, 6.45) is 0. The second kappa shape index (κ2) is 16.1. The zero-order valence-corrected chi connectivity index (χ0v) is 16.5. The number of carbonyl (C=O) groups is 4. The van der Waals surface area contributed by atoms with Gasteiger partial charge in [0.1, 0.15) is 0 Å². The van der Waals surface area contributed by atoms with Gasteiger partial charge in [-0.25, -0.2) is 0 Å². The summed E-state index contributed by atoms with van der Waals surface area (Å²) in [5, 5.41) is 1.15. The maximum Gasteiger partial charge on any atom is 0.326 e. The van der Waals surface area contributed by atoms with Gasteiger partial charge in [0.2, 0.25) is 0 Å². The molecule has 0 spiro atoms. The average molecular weight is 389 g/mol. The molecular weight excluding hydrogens is 371 g/mol. The van der Waals surface area contributed by atoms with Gasteiger partial charge in [-0.2, -0.15) is 0 Å². The Kier molecular flexibility index (Phi) is 21.2. The Balaban J connectivity index is -0.000000602. The molecule has 0 aliphatic heterocycles. The third-order valence-electron chi connectivity index (χ3n) is 1.39. The van der Waals surface area contributed by atoms with E-state index in [9.17, 15) is 19.2 Å². The fourth-order valence-corrected chi connectivity index (χ4v) is 0.957. The Hall–Kier alpha value is -0.721. The van der Waals surface area contributed by atoms with E-state index < -0.39 is 23.9 Å². The molecule has 0 aromatic rings. The Morgan fingerprint density at radius 2 is 0.826 bits per heavy atom. The van der Waals surface area contributed by atoms with Crippen molar-refractivity contribution >= 4 is 53.4 Å². The standard InChI is InChI=1S/C10H16N2O8.Fe.Na.H2O/c1-7(13)17-11(18-8(2)14)5-6-12(19-9(3)15)20-10(4)16;;;/h5-6H2,1-4H3;;;1H2. The van der Waals surface area contributed by atoms with Crippen LogP contribution in [-0.4, -0.2) is 82.5 Å². The monoisotopic (exact) mass is 389 g/mol. The van der Waals surface area contributed by atoms with Crippen molar-refractivity contribution in [2.75, 3.05) is 13.1 Å². The van der Waals surface area contributed by atoms with Crippen LogP contribution < -0.4 is 0 Å². The third-order valence-corrected chi connectivity index (χ3v) is 1.39. The van der Waals surface area contributed by atoms with E-state index in [-0.39, 0.29) is 65.2 Å². The maximum atomic E-state index is 10.8. The largest absolute Gasteiger partial charge is 0.412 e. The van der Waals surface area contributed by atoms with E-state index in [1.165, 1.54) is 0 Å². The fourth-order valence-electron chi connectivity index (χ4n) is 0.957. The molecule has 0 saturated heterocycles. The van der Waals surface area contributed by atoms with Crippen molar-refractivity contribution in [2.45, 2.75) is 27.7 Å². The topological polar surface area (TPSA) is 143 Å². The summed E-state index contributed by atoms with van der Waals surface area (Å²) in [5.41, 5.74) is 0. The summed E-state index contributed by atoms with van der Waals surface area (Å²) in [7, 11) is 0. The van der Waals surface area contributed by atoms with Gasteiger partial charge in [0.25, 0.3) is 0 Å². The SMILES string of the molecule is CC(=O)ON(CCN(OC(C)=O)OC(C)=O)OC(C)=O.O.[Fe].[Na]. The Morgan fingerprint density at radius 3 is 0.957 bits per heavy atom. The van der Waals surface area contributed by atoms with Crippen LogP contribution in [0.25, 0.3) is 0 Å². The van der Waals surface area contributed by atoms with Gasteiger partial charge in [0, 0.05) is 84.8 Å². The van der Waals surface area contributed by atoms with Gasteiger partial charge in [0.05, 0.1) is 13.1 Å². The van der Waals surface area contributed by atoms with E-state index in [1.807, 2.05) is 0 Å². The third kappa shape index (κ3) is 19.2. The van der Waals surface area contributed by atoms with E-state index in [2.05, 4.69) is 19.4 Å². The Morgan fingerprint density at radius 1 is 0.652 bits per heavy atom. The first-order valence-electron chi connectivity index (χ1n) is 5.50. The molecule has 0 aliphatic carbocycles. The van der Waals surface area contributed by atoms with Crippen molar-refractivity contribution in [1.82, 2.24) is 10.5 Å². The van der Waals surface area contributed by atoms with Crippen molar-refractivity contribution in [1.29, 1.82) is 0 Å². The van der Waals surface area contributed by atoms with Crippen LogP contribution in [0.4, 0.5) is 0 Å². The molecule has 11 nitrogen and oxygen atoms in total. The maximum absolute atomic E-state index is 10.8. The van der Waals surface area contributed by atoms with E-state index in [1.54, 1.807) is 0 Å². The molecule has 2 N–H and O–H groups in total. The molecule has 13 heteroatoms. The van der Waals surface area contributed by atoms with Crippen LogP contribution in [0.5, 0.6) is 0 Å². The zero-order chi connectivity index (χ0) is 15.7. The van der Waals surface area contributed by atoms with Crippen molar-refractivity contribution in [2.24, 2.45) is 0 Å². The number of hydrogen-bond acceptors (Lipinski definition) is 10. The molecule has 0 amide bonds. The molecule has 0 aliphatic rings. The molecular formula is C10H18FeN2NaO9. The molecule has 1 radical (unpaired) electrons. The molecule has 0 aromatic heterocycles. The molecule has 0 atom stereocenters. The quantitative estimate of drug-likeness (QED) is 0.365. The first-order valence-corrected chi connectivity index (χ1v) is 5.50. The van der Waals surface area contributed by atoms with Gasteiger partial charge < -0.3 is 24.8 Å². The summed E-state index contributed by atoms with van der Waals surface area (Å²) in [6.45, 7) is 3.97. The smallest absolute Gasteiger partial charge is 0.326 e. The van der Waals surface area contributed by atoms with Crippen molar-refractivity contribution in [3.05, 3.63) is 0 Å². The second-order valence-electron chi connectivity index (χ2n) is 3.44. The van der Waals surface area contributed by atoms with Crippen LogP contribution in [0.1, 0.15) is 27.7 Å². The summed E-state index contributed by atoms with van der Waals surface area (Å²) in [4.78, 5) is 61.4. The molecule has 0 unspecified atom stereocenters. The molecule has 23 heavy (non-hydrogen) atoms. The van der Waals surface area contributed by atoms with Crippen molar-refractivity contribution < 1.29 is 61.1 Å². The van der Waals surface area contributed by atoms with Crippen LogP contribution in [0.2, 0.25) is 0 Å². The fraction of sp³-hybridized carbons (Fsp3) is 0.600. The number of rotatable bonds is 7. The minimum absolute atomic E-state index is 0. The van der Waals surface area contributed by atoms with Crippen LogP contribution in [0, 0.1) is 0 Å². The normalized spacial score (nSPS) is 8.78. The van der Waals surface area contributed by atoms with Gasteiger partial charge >= 0.3 is 23.9 Å². The van der Waals surface area contributed by atoms with E-state index in [0.717, 1.165) is 27.7 Å². The number of hydrogen-bond donors (Lipinski definition) is 0. The summed E-state index contributed by atoms with van der Waals surface area (Å²) in [6, 6.07) is 0. The van der Waals surface area contributed by atoms with E-state index in [4.69, 9.17) is 0 Å². The summed E-state index contributed by atoms with van der Waals surface area (Å²) in [5.74, 6) is -2.90. The number of carbonyl (C=O) groups excluding carboxylic acids is 4. The predicted octanol–water partition coefficient (Wildman–Crippen LogP) is -1.71. The molecule has 0 heterocycles. The Bertz CT molecular complexity index is 329. The molecule has 0 saturated carbocycles. The molecule has 0 fully saturated rings. The van der Waals surface area contributed by atoms with Gasteiger partial charge in [0.15, 0.2) is 0 Å². The van der Waals surface area contributed by atoms with E-state index in [0.29, 0.717) is 10.5 Å². The summed E-state index contributed by atoms with van der Waals surface area (Å²) >= 11 is 0. The van der Waals surface area contributed by atoms with Crippen LogP contribution in [0.3, 0.4) is 0 Å². The summed E-state index contributed by atoms with van der Waals surface area (Å²) < 4.78 is 0. The minimum Gasteiger partial charge on any atom is -0.412 e. The number of hydroxylamine groups is 4. The number of nitrogens with zero attached hydrogens (tertiary/aromatic N) is 2. The molecule has 0 bridgehead atoms. The van der Waals surface area contributed by atoms with E-state index >= 15 is 0 Å². The first kappa shape index (κ1) is 30.2. The zero-order valence-electron chi connectivity index (χ0n) is 13.4. The van der Waals surface area contributed by atoms with Gasteiger partial charge in [-0.1, -0.05) is 0 Å². The molecule has 131 valence electrons. The minimum atomic E-state index is -0.724. The van der Waals surface area contributed by atoms with Gasteiger partial charge in [-0.15, -0.1) is 0 Å². The van der Waals surface area contributed by atoms with Crippen molar-refractivity contribution in [3.8, 4) is 0 Å². The van der Waals surface area contributed by atoms with Gasteiger partial charge in [-0.05, 0) is 0 Å². The van der Waals surface area contributed by atoms with Crippen LogP contribution >= 0.6 is 0 Å². The molecule has 0 rings (SSSR count). The second-order valence-corrected chi connectivity index (χ2v) is 3.44. The average Bonchev–Trinajstić information content (AvgIpc) is 2.22. The first-order chi connectivity index (χ1) is 9.20. The van der Waals surface area contributed by atoms with Crippen LogP contribution in [-0.2, 0) is 55.6 Å². The molecule has 0 aromatic carbocycles.